The summed E-state index contributed by atoms with van der Waals surface area (Å²) < 4.78 is 8.20. The van der Waals surface area contributed by atoms with Gasteiger partial charge in [0.05, 0.1) is 12.2 Å². The second kappa shape index (κ2) is 7.72. The van der Waals surface area contributed by atoms with E-state index in [1.54, 1.807) is 18.5 Å². The molecule has 1 fully saturated rings. The highest BCUT2D eigenvalue weighted by molar-refractivity contribution is 6.30. The lowest BCUT2D eigenvalue weighted by Crippen LogP contribution is -2.25. The van der Waals surface area contributed by atoms with E-state index in [-0.39, 0.29) is 6.10 Å². The van der Waals surface area contributed by atoms with Gasteiger partial charge in [-0.1, -0.05) is 11.6 Å². The third kappa shape index (κ3) is 3.72. The molecule has 2 aliphatic rings. The third-order valence-corrected chi connectivity index (χ3v) is 5.98. The molecule has 150 valence electrons. The van der Waals surface area contributed by atoms with Gasteiger partial charge in [-0.05, 0) is 62.6 Å². The normalized spacial score (nSPS) is 21.9. The Kier molecular flexibility index (Phi) is 4.93. The summed E-state index contributed by atoms with van der Waals surface area (Å²) in [5, 5.41) is 9.91. The predicted molar refractivity (Wildman–Crippen MR) is 109 cm³/mol. The van der Waals surface area contributed by atoms with Gasteiger partial charge in [0.25, 0.3) is 0 Å². The van der Waals surface area contributed by atoms with Crippen molar-refractivity contribution < 1.29 is 4.74 Å². The molecule has 3 heterocycles. The number of benzene rings is 1. The summed E-state index contributed by atoms with van der Waals surface area (Å²) in [6, 6.07) is 8.35. The second-order valence-electron chi connectivity index (χ2n) is 7.88. The highest BCUT2D eigenvalue weighted by atomic mass is 35.5. The lowest BCUT2D eigenvalue weighted by Gasteiger charge is -2.28. The Hall–Kier alpha value is -2.51. The van der Waals surface area contributed by atoms with Gasteiger partial charge in [-0.3, -0.25) is 9.47 Å². The van der Waals surface area contributed by atoms with Crippen molar-refractivity contribution in [3.8, 4) is 11.7 Å². The molecule has 2 aromatic heterocycles. The van der Waals surface area contributed by atoms with Crippen molar-refractivity contribution >= 4 is 11.6 Å². The summed E-state index contributed by atoms with van der Waals surface area (Å²) in [6.07, 6.45) is 7.50. The Morgan fingerprint density at radius 3 is 2.62 bits per heavy atom. The molecular weight excluding hydrogens is 388 g/mol. The van der Waals surface area contributed by atoms with E-state index in [2.05, 4.69) is 48.8 Å². The maximum atomic E-state index is 6.27. The van der Waals surface area contributed by atoms with Crippen LogP contribution in [0, 0.1) is 0 Å². The number of halogens is 1. The molecule has 0 unspecified atom stereocenters. The molecule has 1 saturated carbocycles. The van der Waals surface area contributed by atoms with Gasteiger partial charge >= 0.3 is 6.01 Å². The molecule has 3 aromatic rings. The van der Waals surface area contributed by atoms with E-state index in [1.807, 2.05) is 6.07 Å². The minimum Gasteiger partial charge on any atom is -0.460 e. The van der Waals surface area contributed by atoms with Crippen LogP contribution in [0.25, 0.3) is 5.69 Å². The summed E-state index contributed by atoms with van der Waals surface area (Å²) in [7, 11) is 2.10. The fraction of sp³-hybridized carbons (Fsp3) is 0.429. The van der Waals surface area contributed by atoms with Gasteiger partial charge in [-0.2, -0.15) is 0 Å². The molecule has 8 heteroatoms. The maximum absolute atomic E-state index is 6.27. The molecule has 0 atom stereocenters. The Morgan fingerprint density at radius 1 is 1.03 bits per heavy atom. The lowest BCUT2D eigenvalue weighted by atomic mass is 9.86. The van der Waals surface area contributed by atoms with Crippen molar-refractivity contribution in [3.63, 3.8) is 0 Å². The van der Waals surface area contributed by atoms with E-state index < -0.39 is 0 Å². The highest BCUT2D eigenvalue weighted by Gasteiger charge is 2.30. The molecule has 0 amide bonds. The average molecular weight is 411 g/mol. The lowest BCUT2D eigenvalue weighted by molar-refractivity contribution is 0.132. The molecular formula is C21H23ClN6O. The van der Waals surface area contributed by atoms with Crippen LogP contribution in [-0.2, 0) is 13.1 Å². The number of aromatic nitrogens is 5. The molecule has 0 bridgehead atoms. The van der Waals surface area contributed by atoms with Crippen molar-refractivity contribution in [2.75, 3.05) is 7.05 Å². The SMILES string of the molecule is CN1Cc2cc(Cl)ccc2-n2c(nnc2[C@H]2CC[C@H](Oc3ncccn3)CC2)C1. The zero-order chi connectivity index (χ0) is 19.8. The van der Waals surface area contributed by atoms with Crippen LogP contribution in [0.5, 0.6) is 6.01 Å². The van der Waals surface area contributed by atoms with Gasteiger partial charge in [-0.25, -0.2) is 9.97 Å². The number of rotatable bonds is 3. The van der Waals surface area contributed by atoms with E-state index in [0.717, 1.165) is 61.1 Å². The topological polar surface area (TPSA) is 69.0 Å². The number of hydrogen-bond acceptors (Lipinski definition) is 6. The fourth-order valence-corrected chi connectivity index (χ4v) is 4.58. The summed E-state index contributed by atoms with van der Waals surface area (Å²) >= 11 is 6.27. The molecule has 0 spiro atoms. The number of nitrogens with zero attached hydrogens (tertiary/aromatic N) is 6. The first-order chi connectivity index (χ1) is 14.2. The third-order valence-electron chi connectivity index (χ3n) is 5.74. The van der Waals surface area contributed by atoms with Crippen molar-refractivity contribution in [1.82, 2.24) is 29.6 Å². The first-order valence-electron chi connectivity index (χ1n) is 10.0. The summed E-state index contributed by atoms with van der Waals surface area (Å²) in [5.74, 6) is 2.40. The largest absolute Gasteiger partial charge is 0.460 e. The van der Waals surface area contributed by atoms with E-state index in [4.69, 9.17) is 16.3 Å². The molecule has 29 heavy (non-hydrogen) atoms. The smallest absolute Gasteiger partial charge is 0.316 e. The van der Waals surface area contributed by atoms with Gasteiger partial charge < -0.3 is 4.74 Å². The molecule has 0 N–H and O–H groups in total. The standard InChI is InChI=1S/C21H23ClN6O/c1-27-12-15-11-16(22)5-8-18(15)28-19(13-27)25-26-20(28)14-3-6-17(7-4-14)29-21-23-9-2-10-24-21/h2,5,8-11,14,17H,3-4,6-7,12-13H2,1H3/t14-,17-. The minimum absolute atomic E-state index is 0.150. The van der Waals surface area contributed by atoms with Crippen LogP contribution in [0.1, 0.15) is 48.8 Å². The first kappa shape index (κ1) is 18.5. The summed E-state index contributed by atoms with van der Waals surface area (Å²) in [5.41, 5.74) is 2.35. The van der Waals surface area contributed by atoms with Crippen LogP contribution in [-0.4, -0.2) is 42.8 Å². The first-order valence-corrected chi connectivity index (χ1v) is 10.4. The Bertz CT molecular complexity index is 1000. The van der Waals surface area contributed by atoms with Crippen molar-refractivity contribution in [2.24, 2.45) is 0 Å². The number of fused-ring (bicyclic) bond motifs is 3. The van der Waals surface area contributed by atoms with Crippen molar-refractivity contribution in [2.45, 2.75) is 50.8 Å². The van der Waals surface area contributed by atoms with Gasteiger partial charge in [-0.15, -0.1) is 10.2 Å². The molecule has 0 radical (unpaired) electrons. The summed E-state index contributed by atoms with van der Waals surface area (Å²) in [4.78, 5) is 10.6. The Balaban J connectivity index is 1.38. The Morgan fingerprint density at radius 2 is 1.83 bits per heavy atom. The van der Waals surface area contributed by atoms with Crippen LogP contribution in [0.3, 0.4) is 0 Å². The van der Waals surface area contributed by atoms with E-state index in [0.29, 0.717) is 11.9 Å². The van der Waals surface area contributed by atoms with Crippen molar-refractivity contribution in [3.05, 3.63) is 58.9 Å². The Labute approximate surface area is 174 Å². The van der Waals surface area contributed by atoms with Gasteiger partial charge in [0.2, 0.25) is 0 Å². The summed E-state index contributed by atoms with van der Waals surface area (Å²) in [6.45, 7) is 1.61. The quantitative estimate of drug-likeness (QED) is 0.654. The van der Waals surface area contributed by atoms with E-state index in [1.165, 1.54) is 5.56 Å². The van der Waals surface area contributed by atoms with E-state index >= 15 is 0 Å². The minimum atomic E-state index is 0.150. The van der Waals surface area contributed by atoms with Crippen molar-refractivity contribution in [1.29, 1.82) is 0 Å². The van der Waals surface area contributed by atoms with E-state index in [9.17, 15) is 0 Å². The van der Waals surface area contributed by atoms with Crippen LogP contribution in [0.15, 0.2) is 36.7 Å². The van der Waals surface area contributed by atoms with Crippen LogP contribution < -0.4 is 4.74 Å². The molecule has 7 nitrogen and oxygen atoms in total. The monoisotopic (exact) mass is 410 g/mol. The van der Waals surface area contributed by atoms with Gasteiger partial charge in [0, 0.05) is 29.9 Å². The molecule has 0 saturated heterocycles. The average Bonchev–Trinajstić information content (AvgIpc) is 3.06. The zero-order valence-electron chi connectivity index (χ0n) is 16.3. The zero-order valence-corrected chi connectivity index (χ0v) is 17.1. The molecule has 1 aliphatic carbocycles. The fourth-order valence-electron chi connectivity index (χ4n) is 4.38. The number of hydrogen-bond donors (Lipinski definition) is 0. The van der Waals surface area contributed by atoms with Crippen LogP contribution in [0.2, 0.25) is 5.02 Å². The van der Waals surface area contributed by atoms with Crippen LogP contribution >= 0.6 is 11.6 Å². The van der Waals surface area contributed by atoms with Crippen LogP contribution in [0.4, 0.5) is 0 Å². The molecule has 1 aliphatic heterocycles. The maximum Gasteiger partial charge on any atom is 0.316 e. The second-order valence-corrected chi connectivity index (χ2v) is 8.31. The van der Waals surface area contributed by atoms with Gasteiger partial charge in [0.1, 0.15) is 11.9 Å². The predicted octanol–water partition coefficient (Wildman–Crippen LogP) is 3.76. The molecule has 1 aromatic carbocycles. The number of ether oxygens (including phenoxy) is 1. The molecule has 5 rings (SSSR count). The highest BCUT2D eigenvalue weighted by Crippen LogP contribution is 2.36. The van der Waals surface area contributed by atoms with Gasteiger partial charge in [0.15, 0.2) is 5.82 Å².